The fourth-order valence-electron chi connectivity index (χ4n) is 1.45. The topological polar surface area (TPSA) is 92.7 Å². The third-order valence-corrected chi connectivity index (χ3v) is 3.88. The number of carboxylic acid groups (broad SMARTS) is 1. The minimum atomic E-state index is -3.86. The lowest BCUT2D eigenvalue weighted by atomic mass is 10.2. The second-order valence-electron chi connectivity index (χ2n) is 4.19. The minimum Gasteiger partial charge on any atom is -0.480 e. The number of benzene rings is 1. The molecule has 1 aromatic carbocycles. The Morgan fingerprint density at radius 1 is 1.43 bits per heavy atom. The van der Waals surface area contributed by atoms with Crippen molar-refractivity contribution in [3.05, 3.63) is 40.3 Å². The van der Waals surface area contributed by atoms with Crippen LogP contribution in [0.15, 0.2) is 29.7 Å². The fourth-order valence-corrected chi connectivity index (χ4v) is 2.60. The molecule has 0 amide bonds. The fraction of sp³-hybridized carbons (Fsp3) is 0.308. The molecule has 0 radical (unpaired) electrons. The number of hydrogen-bond acceptors (Lipinski definition) is 4. The molecule has 1 atom stereocenters. The van der Waals surface area contributed by atoms with Gasteiger partial charge in [-0.25, -0.2) is 8.42 Å². The van der Waals surface area contributed by atoms with Gasteiger partial charge in [0.1, 0.15) is 6.04 Å². The summed E-state index contributed by atoms with van der Waals surface area (Å²) >= 11 is 5.72. The first-order valence-electron chi connectivity index (χ1n) is 6.02. The van der Waals surface area contributed by atoms with Crippen molar-refractivity contribution < 1.29 is 23.1 Å². The van der Waals surface area contributed by atoms with Gasteiger partial charge in [0.2, 0.25) is 10.0 Å². The number of ether oxygens (including phenoxy) is 1. The molecule has 8 heteroatoms. The highest BCUT2D eigenvalue weighted by Gasteiger charge is 2.21. The van der Waals surface area contributed by atoms with Gasteiger partial charge in [0, 0.05) is 24.1 Å². The monoisotopic (exact) mass is 333 g/mol. The Morgan fingerprint density at radius 3 is 2.57 bits per heavy atom. The van der Waals surface area contributed by atoms with Crippen molar-refractivity contribution in [3.63, 3.8) is 0 Å². The summed E-state index contributed by atoms with van der Waals surface area (Å²) in [6.45, 7) is 0.139. The maximum Gasteiger partial charge on any atom is 0.321 e. The number of methoxy groups -OCH3 is 1. The van der Waals surface area contributed by atoms with Gasteiger partial charge in [-0.2, -0.15) is 4.72 Å². The lowest BCUT2D eigenvalue weighted by Gasteiger charge is -2.12. The molecular formula is C13H16ClNO5S. The highest BCUT2D eigenvalue weighted by molar-refractivity contribution is 7.92. The Labute approximate surface area is 128 Å². The van der Waals surface area contributed by atoms with Crippen LogP contribution in [0.5, 0.6) is 0 Å². The number of carboxylic acids is 1. The van der Waals surface area contributed by atoms with Crippen LogP contribution in [0.4, 0.5) is 0 Å². The van der Waals surface area contributed by atoms with E-state index < -0.39 is 22.0 Å². The summed E-state index contributed by atoms with van der Waals surface area (Å²) in [5, 5.41) is 10.4. The largest absolute Gasteiger partial charge is 0.480 e. The highest BCUT2D eigenvalue weighted by Crippen LogP contribution is 2.11. The van der Waals surface area contributed by atoms with Crippen LogP contribution in [-0.4, -0.2) is 39.3 Å². The van der Waals surface area contributed by atoms with E-state index in [9.17, 15) is 13.2 Å². The lowest BCUT2D eigenvalue weighted by Crippen LogP contribution is -2.40. The summed E-state index contributed by atoms with van der Waals surface area (Å²) in [5.74, 6) is -1.25. The number of sulfonamides is 1. The van der Waals surface area contributed by atoms with Gasteiger partial charge >= 0.3 is 5.97 Å². The van der Waals surface area contributed by atoms with Crippen molar-refractivity contribution in [2.24, 2.45) is 0 Å². The van der Waals surface area contributed by atoms with E-state index in [2.05, 4.69) is 4.72 Å². The molecule has 0 bridgehead atoms. The Balaban J connectivity index is 2.75. The Kier molecular flexibility index (Phi) is 6.83. The first kappa shape index (κ1) is 17.6. The highest BCUT2D eigenvalue weighted by atomic mass is 35.5. The van der Waals surface area contributed by atoms with Crippen LogP contribution in [0.1, 0.15) is 12.0 Å². The first-order valence-corrected chi connectivity index (χ1v) is 7.94. The minimum absolute atomic E-state index is 0.0415. The third kappa shape index (κ3) is 6.72. The van der Waals surface area contributed by atoms with Gasteiger partial charge in [0.25, 0.3) is 0 Å². The average Bonchev–Trinajstić information content (AvgIpc) is 2.42. The van der Waals surface area contributed by atoms with Gasteiger partial charge in [-0.15, -0.1) is 0 Å². The molecule has 0 spiro atoms. The van der Waals surface area contributed by atoms with E-state index in [0.717, 1.165) is 5.41 Å². The van der Waals surface area contributed by atoms with Crippen LogP contribution in [0.2, 0.25) is 5.02 Å². The van der Waals surface area contributed by atoms with Crippen LogP contribution < -0.4 is 4.72 Å². The second kappa shape index (κ2) is 8.14. The van der Waals surface area contributed by atoms with E-state index in [1.165, 1.54) is 13.2 Å². The van der Waals surface area contributed by atoms with Crippen LogP contribution in [-0.2, 0) is 19.6 Å². The molecule has 1 aromatic rings. The summed E-state index contributed by atoms with van der Waals surface area (Å²) in [5.41, 5.74) is 0.633. The normalized spacial score (nSPS) is 13.4. The molecule has 0 aliphatic heterocycles. The van der Waals surface area contributed by atoms with Crippen LogP contribution in [0.25, 0.3) is 6.08 Å². The van der Waals surface area contributed by atoms with Gasteiger partial charge in [-0.3, -0.25) is 4.79 Å². The lowest BCUT2D eigenvalue weighted by molar-refractivity contribution is -0.139. The molecule has 0 aliphatic carbocycles. The Morgan fingerprint density at radius 2 is 2.05 bits per heavy atom. The summed E-state index contributed by atoms with van der Waals surface area (Å²) in [6.07, 6.45) is 1.40. The quantitative estimate of drug-likeness (QED) is 0.755. The van der Waals surface area contributed by atoms with Crippen LogP contribution in [0, 0.1) is 0 Å². The van der Waals surface area contributed by atoms with Gasteiger partial charge in [0.15, 0.2) is 0 Å². The standard InChI is InChI=1S/C13H16ClNO5S/c1-20-8-6-12(13(16)17)15-21(18,19)9-7-10-2-4-11(14)5-3-10/h2-5,7,9,12,15H,6,8H2,1H3,(H,16,17). The number of aliphatic carboxylic acids is 1. The smallest absolute Gasteiger partial charge is 0.321 e. The summed E-state index contributed by atoms with van der Waals surface area (Å²) in [4.78, 5) is 11.0. The van der Waals surface area contributed by atoms with Crippen molar-refractivity contribution >= 4 is 33.7 Å². The number of halogens is 1. The number of nitrogens with one attached hydrogen (secondary N) is 1. The molecule has 6 nitrogen and oxygen atoms in total. The second-order valence-corrected chi connectivity index (χ2v) is 6.22. The van der Waals surface area contributed by atoms with Gasteiger partial charge in [-0.1, -0.05) is 23.7 Å². The van der Waals surface area contributed by atoms with Crippen molar-refractivity contribution in [1.82, 2.24) is 4.72 Å². The molecule has 0 saturated heterocycles. The predicted molar refractivity (Wildman–Crippen MR) is 80.5 cm³/mol. The Bertz CT molecular complexity index is 597. The van der Waals surface area contributed by atoms with Crippen molar-refractivity contribution in [1.29, 1.82) is 0 Å². The van der Waals surface area contributed by atoms with E-state index in [1.807, 2.05) is 0 Å². The van der Waals surface area contributed by atoms with E-state index in [-0.39, 0.29) is 13.0 Å². The summed E-state index contributed by atoms with van der Waals surface area (Å²) in [6, 6.07) is 5.31. The summed E-state index contributed by atoms with van der Waals surface area (Å²) in [7, 11) is -2.45. The summed E-state index contributed by atoms with van der Waals surface area (Å²) < 4.78 is 30.5. The molecule has 0 fully saturated rings. The Hall–Kier alpha value is -1.41. The van der Waals surface area contributed by atoms with Crippen molar-refractivity contribution in [2.45, 2.75) is 12.5 Å². The van der Waals surface area contributed by atoms with Gasteiger partial charge in [-0.05, 0) is 30.2 Å². The maximum atomic E-state index is 11.8. The zero-order chi connectivity index (χ0) is 15.9. The molecular weight excluding hydrogens is 318 g/mol. The van der Waals surface area contributed by atoms with Gasteiger partial charge < -0.3 is 9.84 Å². The van der Waals surface area contributed by atoms with E-state index in [4.69, 9.17) is 21.4 Å². The molecule has 0 aliphatic rings. The van der Waals surface area contributed by atoms with Crippen LogP contribution in [0.3, 0.4) is 0 Å². The first-order chi connectivity index (χ1) is 9.84. The molecule has 0 saturated carbocycles. The molecule has 2 N–H and O–H groups in total. The zero-order valence-electron chi connectivity index (χ0n) is 11.3. The molecule has 0 heterocycles. The van der Waals surface area contributed by atoms with E-state index in [0.29, 0.717) is 10.6 Å². The average molecular weight is 334 g/mol. The molecule has 1 rings (SSSR count). The third-order valence-electron chi connectivity index (χ3n) is 2.52. The molecule has 116 valence electrons. The maximum absolute atomic E-state index is 11.8. The van der Waals surface area contributed by atoms with Crippen molar-refractivity contribution in [3.8, 4) is 0 Å². The SMILES string of the molecule is COCCC(NS(=O)(=O)C=Cc1ccc(Cl)cc1)C(=O)O. The van der Waals surface area contributed by atoms with Crippen LogP contribution >= 0.6 is 11.6 Å². The van der Waals surface area contributed by atoms with Crippen molar-refractivity contribution in [2.75, 3.05) is 13.7 Å². The molecule has 0 aromatic heterocycles. The molecule has 21 heavy (non-hydrogen) atoms. The number of rotatable bonds is 8. The zero-order valence-corrected chi connectivity index (χ0v) is 12.9. The van der Waals surface area contributed by atoms with Gasteiger partial charge in [0.05, 0.1) is 0 Å². The predicted octanol–water partition coefficient (Wildman–Crippen LogP) is 1.72. The number of carbonyl (C=O) groups is 1. The van der Waals surface area contributed by atoms with E-state index in [1.54, 1.807) is 24.3 Å². The number of hydrogen-bond donors (Lipinski definition) is 2. The van der Waals surface area contributed by atoms with E-state index >= 15 is 0 Å². The molecule has 1 unspecified atom stereocenters.